The molecule has 0 radical (unpaired) electrons. The zero-order valence-electron chi connectivity index (χ0n) is 78.5. The SMILES string of the molecule is CCCCOC(=O)CSc1cc(OC)c(OC)cc1C(=O)OCCCC.CCCCOC(=O)c1sc2cc(O)c(O)cc2c1O.CCCCOC(=O)c1sc2cc(O)c(OC)cc2c1O.CCCCOC(=O)c1sc2cc(OC)c(OC)cc2c1O.COc1cc(N)c(C(=O)O)cc1OC.COc1cc(S)c(C(=O)O)cc1OC.COc1cc2c(O)csc2cc1O.Oc1cc2scc(O)c2cc1O. The molecule has 8 aromatic carbocycles. The van der Waals surface area contributed by atoms with Crippen LogP contribution in [0, 0.1) is 0 Å². The van der Waals surface area contributed by atoms with Crippen molar-refractivity contribution in [3.8, 4) is 121 Å². The van der Waals surface area contributed by atoms with E-state index < -0.39 is 35.8 Å². The molecule has 0 saturated carbocycles. The Morgan fingerprint density at radius 3 is 1.00 bits per heavy atom. The van der Waals surface area contributed by atoms with Gasteiger partial charge >= 0.3 is 41.8 Å². The summed E-state index contributed by atoms with van der Waals surface area (Å²) >= 11 is 11.2. The summed E-state index contributed by atoms with van der Waals surface area (Å²) in [6.45, 7) is 11.8. The van der Waals surface area contributed by atoms with Gasteiger partial charge in [0.2, 0.25) is 0 Å². The monoisotopic (exact) mass is 2060 g/mol. The lowest BCUT2D eigenvalue weighted by atomic mass is 10.1. The van der Waals surface area contributed by atoms with Crippen LogP contribution >= 0.6 is 81.1 Å². The molecule has 0 aliphatic carbocycles. The minimum absolute atomic E-state index is 0.00245. The van der Waals surface area contributed by atoms with Crippen LogP contribution in [0.5, 0.6) is 121 Å². The number of thioether (sulfide) groups is 1. The number of carbonyl (C=O) groups is 7. The first-order chi connectivity index (χ1) is 66.4. The normalized spacial score (nSPS) is 10.4. The molecule has 0 bridgehead atoms. The van der Waals surface area contributed by atoms with E-state index in [9.17, 15) is 79.5 Å². The van der Waals surface area contributed by atoms with E-state index in [-0.39, 0.29) is 112 Å². The van der Waals surface area contributed by atoms with E-state index in [1.807, 2.05) is 34.6 Å². The predicted molar refractivity (Wildman–Crippen MR) is 535 cm³/mol. The third kappa shape index (κ3) is 31.6. The van der Waals surface area contributed by atoms with E-state index in [1.165, 1.54) is 178 Å². The Hall–Kier alpha value is -13.9. The first kappa shape index (κ1) is 114. The van der Waals surface area contributed by atoms with E-state index in [4.69, 9.17) is 97.2 Å². The number of rotatable bonds is 34. The van der Waals surface area contributed by atoms with Crippen molar-refractivity contribution >= 4 is 179 Å². The quantitative estimate of drug-likeness (QED) is 0.00339. The van der Waals surface area contributed by atoms with Gasteiger partial charge in [-0.15, -0.1) is 81.1 Å². The van der Waals surface area contributed by atoms with E-state index >= 15 is 0 Å². The lowest BCUT2D eigenvalue weighted by molar-refractivity contribution is -0.140. The molecule has 5 aromatic heterocycles. The topological polar surface area (TPSA) is 547 Å². The number of phenols is 6. The summed E-state index contributed by atoms with van der Waals surface area (Å²) in [5.41, 5.74) is 6.10. The Morgan fingerprint density at radius 2 is 0.597 bits per heavy atom. The summed E-state index contributed by atoms with van der Waals surface area (Å²) in [5.74, 6) is -1.26. The number of hydrogen-bond acceptors (Lipinski definition) is 41. The van der Waals surface area contributed by atoms with E-state index in [0.717, 1.165) is 101 Å². The fourth-order valence-electron chi connectivity index (χ4n) is 11.7. The Morgan fingerprint density at radius 1 is 0.309 bits per heavy atom. The zero-order chi connectivity index (χ0) is 103. The molecule has 139 heavy (non-hydrogen) atoms. The molecular weight excluding hydrogens is 1950 g/mol. The molecule has 0 amide bonds. The van der Waals surface area contributed by atoms with Gasteiger partial charge in [0.05, 0.1) is 132 Å². The second kappa shape index (κ2) is 56.7. The van der Waals surface area contributed by atoms with Crippen LogP contribution in [0.25, 0.3) is 50.4 Å². The van der Waals surface area contributed by atoms with Crippen molar-refractivity contribution in [1.29, 1.82) is 0 Å². The summed E-state index contributed by atoms with van der Waals surface area (Å²) in [7, 11) is 14.8. The molecule has 0 unspecified atom stereocenters. The smallest absolute Gasteiger partial charge is 0.352 e. The number of esters is 5. The number of benzene rings is 8. The Kier molecular flexibility index (Phi) is 46.5. The van der Waals surface area contributed by atoms with E-state index in [0.29, 0.717) is 136 Å². The number of thiophene rings is 5. The molecule has 0 spiro atoms. The maximum atomic E-state index is 12.4. The first-order valence-electron chi connectivity index (χ1n) is 42.2. The van der Waals surface area contributed by atoms with Gasteiger partial charge in [0.15, 0.2) is 107 Å². The summed E-state index contributed by atoms with van der Waals surface area (Å²) in [6.07, 6.45) is 8.66. The molecule has 752 valence electrons. The summed E-state index contributed by atoms with van der Waals surface area (Å²) < 4.78 is 79.9. The van der Waals surface area contributed by atoms with Crippen molar-refractivity contribution in [1.82, 2.24) is 0 Å². The van der Waals surface area contributed by atoms with Gasteiger partial charge in [-0.1, -0.05) is 66.7 Å². The van der Waals surface area contributed by atoms with Gasteiger partial charge in [-0.25, -0.2) is 28.8 Å². The van der Waals surface area contributed by atoms with Gasteiger partial charge in [-0.2, -0.15) is 0 Å². The molecule has 15 N–H and O–H groups in total. The number of carboxylic acids is 2. The van der Waals surface area contributed by atoms with Crippen LogP contribution in [0.1, 0.15) is 159 Å². The summed E-state index contributed by atoms with van der Waals surface area (Å²) in [4.78, 5) is 82.7. The number of fused-ring (bicyclic) bond motifs is 5. The van der Waals surface area contributed by atoms with Crippen molar-refractivity contribution in [3.05, 3.63) is 139 Å². The molecule has 43 heteroatoms. The zero-order valence-corrected chi connectivity index (χ0v) is 84.3. The Bertz CT molecular complexity index is 6260. The number of hydrogen-bond donors (Lipinski definition) is 15. The van der Waals surface area contributed by atoms with Crippen LogP contribution in [-0.4, -0.2) is 218 Å². The number of aromatic hydroxyl groups is 11. The third-order valence-corrected chi connectivity index (χ3v) is 25.8. The van der Waals surface area contributed by atoms with Gasteiger partial charge in [-0.05, 0) is 86.7 Å². The standard InChI is InChI=1S/C19H28O6S.C15H18O5S.C14H16O5S.C13H14O5S.C9H11NO4.C9H10O4S.C9H8O3S.C8H6O3S/c1-5-7-9-24-18(20)13-26-17-12-16(23-4)15(22-3)11-14(17)19(21)25-10-8-6-2;1-4-5-6-20-15(17)14-13(16)9-7-10(18-2)11(19-3)8-12(9)21-14;1-3-4-5-19-14(17)13-12(16)8-6-10(18-2)9(15)7-11(8)20-13;1-2-3-4-18-13(17)12-11(16)7-5-8(14)9(15)6-10(7)19-12;1-13-7-3-5(9(11)12)6(10)4-8(7)14-2;1-12-6-3-5(9(10)11)8(14)4-7(6)13-2;1-12-8-2-5-7(11)4-13-9(5)3-6(8)10;9-5-1-4-7(11)3-12-8(4)2-6(5)10/h11-12H,5-10,13H2,1-4H3;7-8,16H,4-6H2,1-3H3;6-7,15-16H,3-5H2,1-2H3;5-6,14-16H,2-4H2,1H3;3-4H,10H2,1-2H3,(H,11,12);3-4,14H,1-2H3,(H,10,11);2-4,10-11H,1H3;1-3,9-11H. The number of ether oxygens (including phenoxy) is 15. The largest absolute Gasteiger partial charge is 0.506 e. The van der Waals surface area contributed by atoms with Crippen molar-refractivity contribution in [3.63, 3.8) is 0 Å². The Balaban J connectivity index is 0.000000246. The highest BCUT2D eigenvalue weighted by atomic mass is 32.2. The fraction of sp³-hybridized carbons (Fsp3) is 0.323. The molecule has 36 nitrogen and oxygen atoms in total. The van der Waals surface area contributed by atoms with E-state index in [2.05, 4.69) is 12.6 Å². The van der Waals surface area contributed by atoms with Crippen molar-refractivity contribution in [2.75, 3.05) is 116 Å². The van der Waals surface area contributed by atoms with Crippen molar-refractivity contribution < 1.29 is 171 Å². The average Bonchev–Trinajstić information content (AvgIpc) is 1.63. The molecule has 13 rings (SSSR count). The molecule has 0 fully saturated rings. The highest BCUT2D eigenvalue weighted by molar-refractivity contribution is 8.00. The number of phenolic OH excluding ortho intramolecular Hbond substituents is 6. The average molecular weight is 2060 g/mol. The molecule has 0 saturated heterocycles. The van der Waals surface area contributed by atoms with Crippen molar-refractivity contribution in [2.45, 2.75) is 109 Å². The molecule has 0 aliphatic rings. The summed E-state index contributed by atoms with van der Waals surface area (Å²) in [6, 6.07) is 23.7. The highest BCUT2D eigenvalue weighted by Crippen LogP contribution is 2.48. The molecular formula is C96H111NO35S7. The fourth-order valence-corrected chi connectivity index (χ4v) is 17.5. The maximum Gasteiger partial charge on any atom is 0.352 e. The number of aromatic carboxylic acids is 2. The van der Waals surface area contributed by atoms with Gasteiger partial charge in [0.25, 0.3) is 0 Å². The van der Waals surface area contributed by atoms with Crippen LogP contribution < -0.4 is 53.1 Å². The Labute approximate surface area is 828 Å². The lowest BCUT2D eigenvalue weighted by Gasteiger charge is -2.14. The van der Waals surface area contributed by atoms with Crippen LogP contribution in [0.3, 0.4) is 0 Å². The van der Waals surface area contributed by atoms with Gasteiger partial charge < -0.3 is 143 Å². The second-order valence-electron chi connectivity index (χ2n) is 28.7. The van der Waals surface area contributed by atoms with Gasteiger partial charge in [0, 0.05) is 113 Å². The number of unbranched alkanes of at least 4 members (excludes halogenated alkanes) is 5. The number of nitrogen functional groups attached to an aromatic ring is 1. The molecule has 0 aliphatic heterocycles. The minimum Gasteiger partial charge on any atom is -0.506 e. The van der Waals surface area contributed by atoms with Crippen LogP contribution in [-0.2, 0) is 28.5 Å². The number of anilines is 1. The van der Waals surface area contributed by atoms with Crippen LogP contribution in [0.4, 0.5) is 5.69 Å². The molecule has 13 aromatic rings. The first-order valence-corrected chi connectivity index (χ1v) is 47.9. The summed E-state index contributed by atoms with van der Waals surface area (Å²) in [5, 5.41) is 128. The predicted octanol–water partition coefficient (Wildman–Crippen LogP) is 20.9. The van der Waals surface area contributed by atoms with Crippen LogP contribution in [0.2, 0.25) is 0 Å². The molecule has 0 atom stereocenters. The number of carboxylic acid groups (broad SMARTS) is 2. The highest BCUT2D eigenvalue weighted by Gasteiger charge is 2.27. The third-order valence-electron chi connectivity index (χ3n) is 19.2. The number of nitrogens with two attached hydrogens (primary N) is 1. The number of carbonyl (C=O) groups excluding carboxylic acids is 5. The number of methoxy groups -OCH3 is 10. The number of thiol groups is 1. The van der Waals surface area contributed by atoms with Gasteiger partial charge in [-0.3, -0.25) is 4.79 Å². The van der Waals surface area contributed by atoms with E-state index in [1.54, 1.807) is 47.2 Å². The lowest BCUT2D eigenvalue weighted by Crippen LogP contribution is -2.11. The maximum absolute atomic E-state index is 12.4. The second-order valence-corrected chi connectivity index (χ2v) is 35.1. The van der Waals surface area contributed by atoms with Crippen molar-refractivity contribution in [2.24, 2.45) is 0 Å². The molecule has 5 heterocycles. The van der Waals surface area contributed by atoms with Gasteiger partial charge in [0.1, 0.15) is 28.7 Å². The minimum atomic E-state index is -1.09. The van der Waals surface area contributed by atoms with Crippen LogP contribution in [0.15, 0.2) is 118 Å².